The summed E-state index contributed by atoms with van der Waals surface area (Å²) in [5.74, 6) is -2.06. The fraction of sp³-hybridized carbons (Fsp3) is 0.637. The minimum atomic E-state index is -1.53. The lowest BCUT2D eigenvalue weighted by Gasteiger charge is -2.25. The SMILES string of the molecule is CC/C=C\C/C=C\C/C=C\C/C=C\C/C=C\C/C=C\C/C=C\C/C=C\C/C=C\C/C=C\C/C=C\CCCCCC(=O)OC(COC(=O)CCCCCCCCCCCCCCCCC/C=C\C/C=C\CCCCCCC)COC(OCC[N+](C)(C)C)C(=O)O. The molecule has 504 valence electrons. The van der Waals surface area contributed by atoms with Crippen LogP contribution in [0.5, 0.6) is 0 Å². The highest BCUT2D eigenvalue weighted by atomic mass is 16.7. The van der Waals surface area contributed by atoms with Crippen molar-refractivity contribution in [2.75, 3.05) is 47.5 Å². The second-order valence-electron chi connectivity index (χ2n) is 24.5. The van der Waals surface area contributed by atoms with Gasteiger partial charge >= 0.3 is 17.9 Å². The molecule has 0 aliphatic rings. The molecule has 0 aromatic heterocycles. The molecule has 1 N–H and O–H groups in total. The van der Waals surface area contributed by atoms with Crippen molar-refractivity contribution in [3.05, 3.63) is 158 Å². The van der Waals surface area contributed by atoms with Crippen molar-refractivity contribution in [3.63, 3.8) is 0 Å². The van der Waals surface area contributed by atoms with Crippen LogP contribution in [-0.2, 0) is 33.3 Å². The van der Waals surface area contributed by atoms with E-state index in [1.165, 1.54) is 122 Å². The van der Waals surface area contributed by atoms with Gasteiger partial charge in [0.05, 0.1) is 34.4 Å². The summed E-state index contributed by atoms with van der Waals surface area (Å²) in [7, 11) is 5.96. The van der Waals surface area contributed by atoms with Crippen molar-refractivity contribution < 1.29 is 42.9 Å². The molecule has 0 heterocycles. The second kappa shape index (κ2) is 68.8. The molecule has 9 nitrogen and oxygen atoms in total. The highest BCUT2D eigenvalue weighted by Gasteiger charge is 2.25. The minimum absolute atomic E-state index is 0.173. The fourth-order valence-electron chi connectivity index (χ4n) is 9.34. The first-order valence-electron chi connectivity index (χ1n) is 35.6. The third-order valence-electron chi connectivity index (χ3n) is 14.8. The predicted molar refractivity (Wildman–Crippen MR) is 382 cm³/mol. The zero-order chi connectivity index (χ0) is 64.7. The molecule has 0 saturated carbocycles. The maximum absolute atomic E-state index is 12.9. The minimum Gasteiger partial charge on any atom is -0.477 e. The van der Waals surface area contributed by atoms with Gasteiger partial charge in [0, 0.05) is 12.8 Å². The summed E-state index contributed by atoms with van der Waals surface area (Å²) < 4.78 is 22.9. The molecule has 0 spiro atoms. The van der Waals surface area contributed by atoms with Gasteiger partial charge in [-0.15, -0.1) is 0 Å². The van der Waals surface area contributed by atoms with Crippen LogP contribution in [0.4, 0.5) is 0 Å². The second-order valence-corrected chi connectivity index (χ2v) is 24.5. The van der Waals surface area contributed by atoms with Gasteiger partial charge in [0.2, 0.25) is 0 Å². The molecular weight excluding hydrogens is 1100 g/mol. The van der Waals surface area contributed by atoms with Crippen LogP contribution in [0.25, 0.3) is 0 Å². The molecule has 89 heavy (non-hydrogen) atoms. The first-order chi connectivity index (χ1) is 43.6. The lowest BCUT2D eigenvalue weighted by molar-refractivity contribution is -0.870. The van der Waals surface area contributed by atoms with E-state index < -0.39 is 24.3 Å². The van der Waals surface area contributed by atoms with E-state index in [0.717, 1.165) is 116 Å². The van der Waals surface area contributed by atoms with Gasteiger partial charge in [-0.3, -0.25) is 9.59 Å². The Kier molecular flexibility index (Phi) is 64.9. The molecule has 0 amide bonds. The Morgan fingerprint density at radius 2 is 0.640 bits per heavy atom. The van der Waals surface area contributed by atoms with Crippen LogP contribution in [0, 0.1) is 0 Å². The van der Waals surface area contributed by atoms with E-state index in [4.69, 9.17) is 18.9 Å². The average molecular weight is 1240 g/mol. The molecule has 9 heteroatoms. The number of hydrogen-bond donors (Lipinski definition) is 1. The van der Waals surface area contributed by atoms with E-state index >= 15 is 0 Å². The fourth-order valence-corrected chi connectivity index (χ4v) is 9.34. The van der Waals surface area contributed by atoms with Crippen molar-refractivity contribution >= 4 is 17.9 Å². The van der Waals surface area contributed by atoms with Crippen molar-refractivity contribution in [1.29, 1.82) is 0 Å². The topological polar surface area (TPSA) is 108 Å². The summed E-state index contributed by atoms with van der Waals surface area (Å²) in [6.45, 7) is 4.71. The standard InChI is InChI=1S/C80H131NO8/c1-6-8-10-12-14-16-18-20-22-24-26-28-30-32-34-35-36-37-38-39-40-41-42-43-45-47-49-51-53-55-57-59-61-63-65-67-69-71-78(83)89-76(75-88-80(79(84)85)86-73-72-81(3,4)5)74-87-77(82)70-68-66-64-62-60-58-56-54-52-50-48-46-44-33-31-29-27-25-23-21-19-17-15-13-11-9-7-2/h8,10,14,16,19-22,25-28,32,34,36-37,39-40,42-43,47,49,53,55,59,61,76,80H,6-7,9,11-13,15,17-18,23-24,29-31,33,35,38,41,44-46,48,50-52,54,56-58,60,62-75H2,1-5H3/p+1/b10-8-,16-14-,21-19-,22-20-,27-25-,28-26-,34-32-,37-36-,40-39-,43-42-,49-47-,55-53-,61-59-. The number of nitrogens with zero attached hydrogens (tertiary/aromatic N) is 1. The van der Waals surface area contributed by atoms with E-state index in [1.807, 2.05) is 21.1 Å². The van der Waals surface area contributed by atoms with Crippen molar-refractivity contribution in [3.8, 4) is 0 Å². The Morgan fingerprint density at radius 1 is 0.348 bits per heavy atom. The Bertz CT molecular complexity index is 2020. The van der Waals surface area contributed by atoms with Gasteiger partial charge in [0.1, 0.15) is 13.2 Å². The molecule has 0 radical (unpaired) electrons. The summed E-state index contributed by atoms with van der Waals surface area (Å²) in [6.07, 6.45) is 99.3. The summed E-state index contributed by atoms with van der Waals surface area (Å²) >= 11 is 0. The molecular formula is C80H132NO8+. The number of hydrogen-bond acceptors (Lipinski definition) is 7. The molecule has 0 aliphatic heterocycles. The summed E-state index contributed by atoms with van der Waals surface area (Å²) in [6, 6.07) is 0. The number of carbonyl (C=O) groups excluding carboxylic acids is 2. The van der Waals surface area contributed by atoms with E-state index in [2.05, 4.69) is 172 Å². The molecule has 0 fully saturated rings. The number of carboxylic acid groups (broad SMARTS) is 1. The number of likely N-dealkylation sites (N-methyl/N-ethyl adjacent to an activating group) is 1. The van der Waals surface area contributed by atoms with Crippen LogP contribution < -0.4 is 0 Å². The molecule has 0 bridgehead atoms. The quantitative estimate of drug-likeness (QED) is 0.0211. The number of aliphatic carboxylic acids is 1. The lowest BCUT2D eigenvalue weighted by Crippen LogP contribution is -2.40. The monoisotopic (exact) mass is 1230 g/mol. The number of esters is 2. The van der Waals surface area contributed by atoms with Crippen LogP contribution in [0.1, 0.15) is 271 Å². The van der Waals surface area contributed by atoms with Crippen LogP contribution in [0.3, 0.4) is 0 Å². The van der Waals surface area contributed by atoms with Crippen LogP contribution in [0.2, 0.25) is 0 Å². The van der Waals surface area contributed by atoms with Crippen LogP contribution in [-0.4, -0.2) is 87.4 Å². The van der Waals surface area contributed by atoms with E-state index in [0.29, 0.717) is 17.4 Å². The number of rotatable bonds is 64. The lowest BCUT2D eigenvalue weighted by atomic mass is 10.0. The Balaban J connectivity index is 4.25. The Hall–Kier alpha value is -5.09. The van der Waals surface area contributed by atoms with Gasteiger partial charge in [-0.05, 0) is 128 Å². The van der Waals surface area contributed by atoms with Crippen molar-refractivity contribution in [2.24, 2.45) is 0 Å². The average Bonchev–Trinajstić information content (AvgIpc) is 3.70. The highest BCUT2D eigenvalue weighted by Crippen LogP contribution is 2.16. The van der Waals surface area contributed by atoms with Crippen LogP contribution in [0.15, 0.2) is 158 Å². The maximum atomic E-state index is 12.9. The summed E-state index contributed by atoms with van der Waals surface area (Å²) in [5.41, 5.74) is 0. The first kappa shape index (κ1) is 83.9. The third-order valence-corrected chi connectivity index (χ3v) is 14.8. The summed E-state index contributed by atoms with van der Waals surface area (Å²) in [5, 5.41) is 9.75. The molecule has 0 aliphatic carbocycles. The largest absolute Gasteiger partial charge is 0.477 e. The molecule has 0 saturated heterocycles. The van der Waals surface area contributed by atoms with Gasteiger partial charge in [-0.25, -0.2) is 4.79 Å². The Morgan fingerprint density at radius 3 is 0.966 bits per heavy atom. The third kappa shape index (κ3) is 70.2. The molecule has 2 unspecified atom stereocenters. The zero-order valence-electron chi connectivity index (χ0n) is 57.5. The first-order valence-corrected chi connectivity index (χ1v) is 35.6. The number of allylic oxidation sites excluding steroid dienone is 26. The van der Waals surface area contributed by atoms with Gasteiger partial charge in [-0.1, -0.05) is 287 Å². The molecule has 0 rings (SSSR count). The maximum Gasteiger partial charge on any atom is 0.361 e. The number of carboxylic acids is 1. The smallest absolute Gasteiger partial charge is 0.361 e. The van der Waals surface area contributed by atoms with Crippen molar-refractivity contribution in [2.45, 2.75) is 283 Å². The number of ether oxygens (including phenoxy) is 4. The predicted octanol–water partition coefficient (Wildman–Crippen LogP) is 22.5. The van der Waals surface area contributed by atoms with Gasteiger partial charge in [0.25, 0.3) is 6.29 Å². The number of carbonyl (C=O) groups is 3. The normalized spacial score (nSPS) is 13.7. The molecule has 0 aromatic rings. The highest BCUT2D eigenvalue weighted by molar-refractivity contribution is 5.71. The molecule has 0 aromatic carbocycles. The van der Waals surface area contributed by atoms with E-state index in [9.17, 15) is 19.5 Å². The molecule has 2 atom stereocenters. The van der Waals surface area contributed by atoms with Gasteiger partial charge in [-0.2, -0.15) is 0 Å². The zero-order valence-corrected chi connectivity index (χ0v) is 57.5. The van der Waals surface area contributed by atoms with Gasteiger partial charge < -0.3 is 28.5 Å². The van der Waals surface area contributed by atoms with Crippen molar-refractivity contribution in [1.82, 2.24) is 0 Å². The number of quaternary nitrogens is 1. The number of unbranched alkanes of at least 4 members (excludes halogenated alkanes) is 23. The summed E-state index contributed by atoms with van der Waals surface area (Å²) in [4.78, 5) is 37.6. The van der Waals surface area contributed by atoms with E-state index in [1.54, 1.807) is 0 Å². The van der Waals surface area contributed by atoms with Gasteiger partial charge in [0.15, 0.2) is 6.10 Å². The van der Waals surface area contributed by atoms with Crippen LogP contribution >= 0.6 is 0 Å². The van der Waals surface area contributed by atoms with E-state index in [-0.39, 0.29) is 38.6 Å². The Labute approximate surface area is 546 Å².